The maximum atomic E-state index is 12.0. The highest BCUT2D eigenvalue weighted by Gasteiger charge is 2.28. The van der Waals surface area contributed by atoms with E-state index in [4.69, 9.17) is 4.74 Å². The fourth-order valence-corrected chi connectivity index (χ4v) is 3.23. The Hall–Kier alpha value is -3.52. The number of alkyl carbamates (subject to hydrolysis) is 1. The molecule has 1 aromatic heterocycles. The molecule has 0 atom stereocenters. The Morgan fingerprint density at radius 2 is 1.81 bits per heavy atom. The van der Waals surface area contributed by atoms with E-state index in [0.29, 0.717) is 6.61 Å². The van der Waals surface area contributed by atoms with E-state index in [9.17, 15) is 4.79 Å². The minimum Gasteiger partial charge on any atom is -0.449 e. The first-order valence-electron chi connectivity index (χ1n) is 8.39. The number of fused-ring (bicyclic) bond motifs is 3. The molecule has 0 fully saturated rings. The lowest BCUT2D eigenvalue weighted by atomic mass is 9.98. The molecule has 0 saturated heterocycles. The number of ether oxygens (including phenoxy) is 1. The molecule has 128 valence electrons. The van der Waals surface area contributed by atoms with Gasteiger partial charge in [0.25, 0.3) is 0 Å². The lowest BCUT2D eigenvalue weighted by molar-refractivity contribution is 0.144. The standard InChI is InChI=1S/C21H17N3O2/c25-21(22-11-5-6-15-12-23-24-13-15)26-14-20-18-9-3-1-7-16(18)17-8-2-4-10-19(17)20/h1-4,7-10,12-13,20H,11,14H2,(H,22,25)(H,23,24). The van der Waals surface area contributed by atoms with Crippen LogP contribution in [0.5, 0.6) is 0 Å². The van der Waals surface area contributed by atoms with Crippen molar-refractivity contribution in [1.29, 1.82) is 0 Å². The quantitative estimate of drug-likeness (QED) is 0.717. The van der Waals surface area contributed by atoms with Gasteiger partial charge in [-0.15, -0.1) is 0 Å². The maximum absolute atomic E-state index is 12.0. The number of rotatable bonds is 3. The highest BCUT2D eigenvalue weighted by molar-refractivity contribution is 5.79. The molecule has 3 aromatic rings. The van der Waals surface area contributed by atoms with Crippen LogP contribution < -0.4 is 5.32 Å². The van der Waals surface area contributed by atoms with Gasteiger partial charge >= 0.3 is 6.09 Å². The second-order valence-electron chi connectivity index (χ2n) is 5.97. The van der Waals surface area contributed by atoms with Crippen LogP contribution in [0.3, 0.4) is 0 Å². The zero-order valence-corrected chi connectivity index (χ0v) is 14.0. The van der Waals surface area contributed by atoms with Gasteiger partial charge in [0.1, 0.15) is 6.61 Å². The van der Waals surface area contributed by atoms with E-state index in [1.807, 2.05) is 24.3 Å². The van der Waals surface area contributed by atoms with Crippen molar-refractivity contribution >= 4 is 6.09 Å². The Labute approximate surface area is 151 Å². The Bertz CT molecular complexity index is 938. The summed E-state index contributed by atoms with van der Waals surface area (Å²) in [6.07, 6.45) is 2.86. The number of nitrogens with zero attached hydrogens (tertiary/aromatic N) is 1. The molecule has 26 heavy (non-hydrogen) atoms. The molecule has 0 spiro atoms. The molecule has 1 aliphatic rings. The number of aromatic nitrogens is 2. The van der Waals surface area contributed by atoms with Crippen molar-refractivity contribution in [2.24, 2.45) is 0 Å². The third kappa shape index (κ3) is 3.17. The topological polar surface area (TPSA) is 67.0 Å². The summed E-state index contributed by atoms with van der Waals surface area (Å²) in [5, 5.41) is 9.14. The highest BCUT2D eigenvalue weighted by Crippen LogP contribution is 2.44. The second-order valence-corrected chi connectivity index (χ2v) is 5.97. The molecular formula is C21H17N3O2. The normalized spacial score (nSPS) is 11.8. The van der Waals surface area contributed by atoms with Crippen LogP contribution in [0.4, 0.5) is 4.79 Å². The highest BCUT2D eigenvalue weighted by atomic mass is 16.5. The molecule has 2 aromatic carbocycles. The van der Waals surface area contributed by atoms with E-state index >= 15 is 0 Å². The van der Waals surface area contributed by atoms with E-state index in [2.05, 4.69) is 51.6 Å². The molecule has 0 bridgehead atoms. The van der Waals surface area contributed by atoms with Gasteiger partial charge in [-0.1, -0.05) is 60.4 Å². The van der Waals surface area contributed by atoms with Gasteiger partial charge in [0.2, 0.25) is 0 Å². The number of hydrogen-bond acceptors (Lipinski definition) is 3. The number of carbonyl (C=O) groups excluding carboxylic acids is 1. The minimum absolute atomic E-state index is 0.0603. The number of hydrogen-bond donors (Lipinski definition) is 2. The molecule has 0 aliphatic heterocycles. The van der Waals surface area contributed by atoms with Crippen LogP contribution in [-0.2, 0) is 4.74 Å². The Morgan fingerprint density at radius 1 is 1.12 bits per heavy atom. The van der Waals surface area contributed by atoms with Crippen LogP contribution in [0, 0.1) is 11.8 Å². The van der Waals surface area contributed by atoms with Crippen LogP contribution in [-0.4, -0.2) is 29.4 Å². The first-order valence-corrected chi connectivity index (χ1v) is 8.39. The molecule has 2 N–H and O–H groups in total. The smallest absolute Gasteiger partial charge is 0.407 e. The van der Waals surface area contributed by atoms with Crippen molar-refractivity contribution in [3.63, 3.8) is 0 Å². The zero-order valence-electron chi connectivity index (χ0n) is 14.0. The maximum Gasteiger partial charge on any atom is 0.407 e. The molecule has 4 rings (SSSR count). The minimum atomic E-state index is -0.464. The van der Waals surface area contributed by atoms with Crippen molar-refractivity contribution < 1.29 is 9.53 Å². The molecule has 0 saturated carbocycles. The predicted molar refractivity (Wildman–Crippen MR) is 98.5 cm³/mol. The van der Waals surface area contributed by atoms with Crippen LogP contribution >= 0.6 is 0 Å². The largest absolute Gasteiger partial charge is 0.449 e. The summed E-state index contributed by atoms with van der Waals surface area (Å²) in [7, 11) is 0. The average molecular weight is 343 g/mol. The van der Waals surface area contributed by atoms with Gasteiger partial charge in [0, 0.05) is 12.1 Å². The lowest BCUT2D eigenvalue weighted by Crippen LogP contribution is -2.26. The van der Waals surface area contributed by atoms with Crippen LogP contribution in [0.25, 0.3) is 11.1 Å². The molecule has 5 heteroatoms. The lowest BCUT2D eigenvalue weighted by Gasteiger charge is -2.14. The molecule has 1 heterocycles. The van der Waals surface area contributed by atoms with E-state index in [0.717, 1.165) is 5.56 Å². The summed E-state index contributed by atoms with van der Waals surface area (Å²) in [5.74, 6) is 5.81. The van der Waals surface area contributed by atoms with Crippen molar-refractivity contribution in [1.82, 2.24) is 15.5 Å². The zero-order chi connectivity index (χ0) is 17.8. The van der Waals surface area contributed by atoms with Gasteiger partial charge in [-0.05, 0) is 22.3 Å². The first kappa shape index (κ1) is 16.0. The fourth-order valence-electron chi connectivity index (χ4n) is 3.23. The van der Waals surface area contributed by atoms with E-state index < -0.39 is 6.09 Å². The summed E-state index contributed by atoms with van der Waals surface area (Å²) < 4.78 is 5.44. The van der Waals surface area contributed by atoms with Crippen LogP contribution in [0.1, 0.15) is 22.6 Å². The van der Waals surface area contributed by atoms with Crippen molar-refractivity contribution in [3.05, 3.63) is 77.6 Å². The third-order valence-corrected chi connectivity index (χ3v) is 4.40. The number of H-pyrrole nitrogens is 1. The molecule has 5 nitrogen and oxygen atoms in total. The summed E-state index contributed by atoms with van der Waals surface area (Å²) >= 11 is 0. The van der Waals surface area contributed by atoms with Crippen molar-refractivity contribution in [3.8, 4) is 23.0 Å². The monoisotopic (exact) mass is 343 g/mol. The number of aromatic amines is 1. The number of carbonyl (C=O) groups is 1. The fraction of sp³-hybridized carbons (Fsp3) is 0.143. The van der Waals surface area contributed by atoms with E-state index in [1.165, 1.54) is 22.3 Å². The molecule has 1 amide bonds. The third-order valence-electron chi connectivity index (χ3n) is 4.40. The second kappa shape index (κ2) is 7.16. The molecule has 0 radical (unpaired) electrons. The van der Waals surface area contributed by atoms with Gasteiger partial charge in [-0.3, -0.25) is 5.10 Å². The van der Waals surface area contributed by atoms with Gasteiger partial charge in [0.05, 0.1) is 18.3 Å². The first-order chi connectivity index (χ1) is 12.8. The molecule has 1 aliphatic carbocycles. The number of benzene rings is 2. The Balaban J connectivity index is 1.38. The van der Waals surface area contributed by atoms with E-state index in [-0.39, 0.29) is 12.5 Å². The van der Waals surface area contributed by atoms with Gasteiger partial charge in [0.15, 0.2) is 0 Å². The molecular weight excluding hydrogens is 326 g/mol. The summed E-state index contributed by atoms with van der Waals surface area (Å²) in [5.41, 5.74) is 5.59. The molecule has 0 unspecified atom stereocenters. The van der Waals surface area contributed by atoms with Gasteiger partial charge < -0.3 is 10.1 Å². The van der Waals surface area contributed by atoms with Crippen molar-refractivity contribution in [2.75, 3.05) is 13.2 Å². The van der Waals surface area contributed by atoms with E-state index in [1.54, 1.807) is 12.4 Å². The Kier molecular flexibility index (Phi) is 4.40. The SMILES string of the molecule is O=C(NCC#Cc1cn[nH]c1)OCC1c2ccccc2-c2ccccc21. The summed E-state index contributed by atoms with van der Waals surface area (Å²) in [4.78, 5) is 12.0. The number of nitrogens with one attached hydrogen (secondary N) is 2. The van der Waals surface area contributed by atoms with Crippen LogP contribution in [0.2, 0.25) is 0 Å². The van der Waals surface area contributed by atoms with Gasteiger partial charge in [-0.2, -0.15) is 5.10 Å². The predicted octanol–water partition coefficient (Wildman–Crippen LogP) is 3.30. The Morgan fingerprint density at radius 3 is 2.46 bits per heavy atom. The van der Waals surface area contributed by atoms with Crippen molar-refractivity contribution in [2.45, 2.75) is 5.92 Å². The number of amides is 1. The average Bonchev–Trinajstić information content (AvgIpc) is 3.30. The summed E-state index contributed by atoms with van der Waals surface area (Å²) in [6.45, 7) is 0.525. The van der Waals surface area contributed by atoms with Gasteiger partial charge in [-0.25, -0.2) is 4.79 Å². The summed E-state index contributed by atoms with van der Waals surface area (Å²) in [6, 6.07) is 16.5. The van der Waals surface area contributed by atoms with Crippen LogP contribution in [0.15, 0.2) is 60.9 Å².